The number of aromatic nitrogens is 3. The highest BCUT2D eigenvalue weighted by molar-refractivity contribution is 5.89. The highest BCUT2D eigenvalue weighted by atomic mass is 19.1. The lowest BCUT2D eigenvalue weighted by molar-refractivity contribution is -0.116. The zero-order valence-corrected chi connectivity index (χ0v) is 18.9. The zero-order chi connectivity index (χ0) is 23.5. The molecule has 2 atom stereocenters. The molecule has 2 heterocycles. The van der Waals surface area contributed by atoms with Crippen LogP contribution < -0.4 is 10.6 Å². The molecule has 0 radical (unpaired) electrons. The number of benzene rings is 3. The third-order valence-electron chi connectivity index (χ3n) is 6.16. The Bertz CT molecular complexity index is 1270. The first-order chi connectivity index (χ1) is 16.5. The minimum absolute atomic E-state index is 0.00832. The number of hydrogen-bond donors (Lipinski definition) is 2. The fraction of sp³-hybridized carbons (Fsp3) is 0.222. The predicted octanol–water partition coefficient (Wildman–Crippen LogP) is 5.44. The molecular formula is C27H26FN5O. The van der Waals surface area contributed by atoms with Gasteiger partial charge >= 0.3 is 0 Å². The number of rotatable bonds is 6. The van der Waals surface area contributed by atoms with Crippen LogP contribution in [-0.4, -0.2) is 20.7 Å². The first kappa shape index (κ1) is 21.8. The number of carbonyl (C=O) groups is 1. The quantitative estimate of drug-likeness (QED) is 0.406. The third-order valence-corrected chi connectivity index (χ3v) is 6.16. The second kappa shape index (κ2) is 9.47. The number of halogens is 1. The Morgan fingerprint density at radius 1 is 1.03 bits per heavy atom. The van der Waals surface area contributed by atoms with Crippen molar-refractivity contribution in [3.05, 3.63) is 107 Å². The topological polar surface area (TPSA) is 71.8 Å². The van der Waals surface area contributed by atoms with E-state index < -0.39 is 0 Å². The molecule has 34 heavy (non-hydrogen) atoms. The predicted molar refractivity (Wildman–Crippen MR) is 130 cm³/mol. The summed E-state index contributed by atoms with van der Waals surface area (Å²) >= 11 is 0. The maximum atomic E-state index is 13.6. The summed E-state index contributed by atoms with van der Waals surface area (Å²) in [4.78, 5) is 17.1. The molecule has 2 N–H and O–H groups in total. The summed E-state index contributed by atoms with van der Waals surface area (Å²) < 4.78 is 15.4. The number of nitrogens with zero attached hydrogens (tertiary/aromatic N) is 3. The van der Waals surface area contributed by atoms with Crippen LogP contribution in [0.4, 0.5) is 16.3 Å². The van der Waals surface area contributed by atoms with Gasteiger partial charge in [-0.3, -0.25) is 10.1 Å². The van der Waals surface area contributed by atoms with E-state index in [0.717, 1.165) is 16.7 Å². The van der Waals surface area contributed by atoms with Crippen LogP contribution in [0.3, 0.4) is 0 Å². The molecule has 0 spiro atoms. The highest BCUT2D eigenvalue weighted by Crippen LogP contribution is 2.38. The van der Waals surface area contributed by atoms with Crippen molar-refractivity contribution in [2.24, 2.45) is 0 Å². The fourth-order valence-electron chi connectivity index (χ4n) is 4.30. The molecule has 6 nitrogen and oxygen atoms in total. The van der Waals surface area contributed by atoms with Gasteiger partial charge in [-0.2, -0.15) is 4.98 Å². The number of hydrogen-bond acceptors (Lipinski definition) is 4. The Morgan fingerprint density at radius 3 is 2.47 bits per heavy atom. The molecule has 0 aliphatic carbocycles. The smallest absolute Gasteiger partial charge is 0.250 e. The van der Waals surface area contributed by atoms with Gasteiger partial charge in [-0.15, -0.1) is 5.10 Å². The van der Waals surface area contributed by atoms with Gasteiger partial charge in [-0.05, 0) is 48.6 Å². The van der Waals surface area contributed by atoms with E-state index >= 15 is 0 Å². The lowest BCUT2D eigenvalue weighted by Crippen LogP contribution is -2.28. The SMILES string of the molecule is Cc1ccc(C2CC(c3ccc(F)cc3)n3nc(NC(=O)CCc4ccccc4)nc3N2)cc1. The molecule has 0 bridgehead atoms. The van der Waals surface area contributed by atoms with Crippen molar-refractivity contribution in [2.75, 3.05) is 10.6 Å². The molecule has 1 amide bonds. The number of anilines is 2. The van der Waals surface area contributed by atoms with Crippen LogP contribution in [0.1, 0.15) is 47.2 Å². The van der Waals surface area contributed by atoms with Crippen molar-refractivity contribution >= 4 is 17.8 Å². The minimum Gasteiger partial charge on any atom is -0.347 e. The van der Waals surface area contributed by atoms with Crippen LogP contribution in [-0.2, 0) is 11.2 Å². The zero-order valence-electron chi connectivity index (χ0n) is 18.9. The average Bonchev–Trinajstić information content (AvgIpc) is 3.26. The minimum atomic E-state index is -0.280. The molecule has 0 saturated carbocycles. The largest absolute Gasteiger partial charge is 0.347 e. The molecule has 172 valence electrons. The molecule has 2 unspecified atom stereocenters. The monoisotopic (exact) mass is 455 g/mol. The summed E-state index contributed by atoms with van der Waals surface area (Å²) in [5, 5.41) is 10.9. The van der Waals surface area contributed by atoms with Crippen molar-refractivity contribution in [3.63, 3.8) is 0 Å². The van der Waals surface area contributed by atoms with Crippen molar-refractivity contribution in [1.82, 2.24) is 14.8 Å². The molecular weight excluding hydrogens is 429 g/mol. The van der Waals surface area contributed by atoms with E-state index in [4.69, 9.17) is 0 Å². The molecule has 1 aliphatic rings. The third kappa shape index (κ3) is 4.83. The lowest BCUT2D eigenvalue weighted by atomic mass is 9.93. The van der Waals surface area contributed by atoms with Crippen LogP contribution in [0.5, 0.6) is 0 Å². The summed E-state index contributed by atoms with van der Waals surface area (Å²) in [6.45, 7) is 2.06. The van der Waals surface area contributed by atoms with Gasteiger partial charge in [-0.25, -0.2) is 9.07 Å². The number of carbonyl (C=O) groups excluding carboxylic acids is 1. The normalized spacial score (nSPS) is 17.0. The van der Waals surface area contributed by atoms with Crippen molar-refractivity contribution < 1.29 is 9.18 Å². The van der Waals surface area contributed by atoms with Crippen LogP contribution in [0.15, 0.2) is 78.9 Å². The Balaban J connectivity index is 1.38. The van der Waals surface area contributed by atoms with Gasteiger partial charge in [0.25, 0.3) is 5.95 Å². The van der Waals surface area contributed by atoms with Gasteiger partial charge in [-0.1, -0.05) is 72.3 Å². The van der Waals surface area contributed by atoms with Crippen molar-refractivity contribution in [2.45, 2.75) is 38.3 Å². The second-order valence-corrected chi connectivity index (χ2v) is 8.65. The van der Waals surface area contributed by atoms with Gasteiger partial charge in [0.2, 0.25) is 11.9 Å². The first-order valence-electron chi connectivity index (χ1n) is 11.4. The number of aryl methyl sites for hydroxylation is 2. The molecule has 1 aliphatic heterocycles. The van der Waals surface area contributed by atoms with Crippen LogP contribution >= 0.6 is 0 Å². The molecule has 0 saturated heterocycles. The van der Waals surface area contributed by atoms with E-state index in [2.05, 4.69) is 51.9 Å². The molecule has 1 aromatic heterocycles. The molecule has 7 heteroatoms. The number of nitrogens with one attached hydrogen (secondary N) is 2. The van der Waals surface area contributed by atoms with Gasteiger partial charge in [0.05, 0.1) is 12.1 Å². The summed E-state index contributed by atoms with van der Waals surface area (Å²) in [5.41, 5.74) is 4.38. The van der Waals surface area contributed by atoms with E-state index in [9.17, 15) is 9.18 Å². The van der Waals surface area contributed by atoms with E-state index in [1.165, 1.54) is 17.7 Å². The van der Waals surface area contributed by atoms with Gasteiger partial charge in [0.15, 0.2) is 0 Å². The van der Waals surface area contributed by atoms with Crippen molar-refractivity contribution in [1.29, 1.82) is 0 Å². The van der Waals surface area contributed by atoms with Gasteiger partial charge < -0.3 is 5.32 Å². The van der Waals surface area contributed by atoms with Crippen LogP contribution in [0, 0.1) is 12.7 Å². The molecule has 5 rings (SSSR count). The maximum Gasteiger partial charge on any atom is 0.250 e. The average molecular weight is 456 g/mol. The van der Waals surface area contributed by atoms with Crippen LogP contribution in [0.25, 0.3) is 0 Å². The van der Waals surface area contributed by atoms with E-state index in [1.807, 2.05) is 30.3 Å². The number of fused-ring (bicyclic) bond motifs is 1. The van der Waals surface area contributed by atoms with Gasteiger partial charge in [0.1, 0.15) is 5.82 Å². The van der Waals surface area contributed by atoms with Crippen molar-refractivity contribution in [3.8, 4) is 0 Å². The van der Waals surface area contributed by atoms with E-state index in [0.29, 0.717) is 25.2 Å². The van der Waals surface area contributed by atoms with E-state index in [-0.39, 0.29) is 29.8 Å². The standard InChI is InChI=1S/C27H26FN5O/c1-18-7-10-20(11-8-18)23-17-24(21-12-14-22(28)15-13-21)33-27(29-23)31-26(32-33)30-25(34)16-9-19-5-3-2-4-6-19/h2-8,10-15,23-24H,9,16-17H2,1H3,(H2,29,30,31,32,34). The summed E-state index contributed by atoms with van der Waals surface area (Å²) in [5.74, 6) is 0.417. The Hall–Kier alpha value is -4.00. The Kier molecular flexibility index (Phi) is 6.08. The maximum absolute atomic E-state index is 13.6. The number of amides is 1. The second-order valence-electron chi connectivity index (χ2n) is 8.65. The first-order valence-corrected chi connectivity index (χ1v) is 11.4. The molecule has 0 fully saturated rings. The van der Waals surface area contributed by atoms with Crippen LogP contribution in [0.2, 0.25) is 0 Å². The highest BCUT2D eigenvalue weighted by Gasteiger charge is 2.31. The Morgan fingerprint density at radius 2 is 1.74 bits per heavy atom. The summed E-state index contributed by atoms with van der Waals surface area (Å²) in [6, 6.07) is 24.6. The van der Waals surface area contributed by atoms with Gasteiger partial charge in [0, 0.05) is 6.42 Å². The van der Waals surface area contributed by atoms with E-state index in [1.54, 1.807) is 16.8 Å². The summed E-state index contributed by atoms with van der Waals surface area (Å²) in [6.07, 6.45) is 1.70. The Labute approximate surface area is 197 Å². The fourth-order valence-corrected chi connectivity index (χ4v) is 4.30. The summed E-state index contributed by atoms with van der Waals surface area (Å²) in [7, 11) is 0. The molecule has 4 aromatic rings. The lowest BCUT2D eigenvalue weighted by Gasteiger charge is -2.31. The molecule has 3 aromatic carbocycles.